The van der Waals surface area contributed by atoms with E-state index in [-0.39, 0.29) is 12.4 Å². The van der Waals surface area contributed by atoms with Gasteiger partial charge < -0.3 is 24.1 Å². The fourth-order valence-electron chi connectivity index (χ4n) is 4.35. The van der Waals surface area contributed by atoms with Crippen molar-refractivity contribution in [2.75, 3.05) is 6.61 Å². The number of fused-ring (bicyclic) bond motifs is 4. The first-order valence-corrected chi connectivity index (χ1v) is 10.1. The van der Waals surface area contributed by atoms with Gasteiger partial charge in [-0.15, -0.1) is 0 Å². The number of para-hydroxylation sites is 1. The molecule has 0 amide bonds. The van der Waals surface area contributed by atoms with Crippen LogP contribution in [0.5, 0.6) is 5.75 Å². The van der Waals surface area contributed by atoms with Gasteiger partial charge in [0.05, 0.1) is 17.6 Å². The molecule has 0 fully saturated rings. The number of rotatable bonds is 5. The first kappa shape index (κ1) is 19.1. The van der Waals surface area contributed by atoms with Crippen molar-refractivity contribution >= 4 is 39.0 Å². The van der Waals surface area contributed by atoms with Gasteiger partial charge in [0.1, 0.15) is 11.6 Å². The summed E-state index contributed by atoms with van der Waals surface area (Å²) in [5.41, 5.74) is 4.69. The number of aryl methyl sites for hydroxylation is 1. The maximum Gasteiger partial charge on any atom is 0.511 e. The maximum absolute atomic E-state index is 10.9. The van der Waals surface area contributed by atoms with Crippen LogP contribution < -0.4 is 4.74 Å². The molecule has 0 aliphatic rings. The van der Waals surface area contributed by atoms with Gasteiger partial charge in [-0.2, -0.15) is 0 Å². The fourth-order valence-corrected chi connectivity index (χ4v) is 4.35. The average Bonchev–Trinajstić information content (AvgIpc) is 3.28. The summed E-state index contributed by atoms with van der Waals surface area (Å²) in [7, 11) is 0. The second kappa shape index (κ2) is 7.45. The van der Waals surface area contributed by atoms with Crippen LogP contribution >= 0.6 is 0 Å². The summed E-state index contributed by atoms with van der Waals surface area (Å²) in [4.78, 5) is 15.6. The molecule has 2 heterocycles. The third-order valence-corrected chi connectivity index (χ3v) is 5.60. The van der Waals surface area contributed by atoms with Gasteiger partial charge in [0.2, 0.25) is 0 Å². The van der Waals surface area contributed by atoms with E-state index < -0.39 is 6.16 Å². The van der Waals surface area contributed by atoms with E-state index in [4.69, 9.17) is 14.8 Å². The highest BCUT2D eigenvalue weighted by Gasteiger charge is 2.16. The molecule has 0 bridgehead atoms. The Balaban J connectivity index is 1.73. The number of carbonyl (C=O) groups is 1. The molecule has 7 nitrogen and oxygen atoms in total. The molecular formula is C24H21N3O4. The van der Waals surface area contributed by atoms with Crippen molar-refractivity contribution in [3.8, 4) is 17.1 Å². The SMILES string of the molecule is CCn1c2ccccc2c2cc(-c3nc4cc(OC(=O)O)ccc4n3CCO)ccc21. The van der Waals surface area contributed by atoms with Crippen molar-refractivity contribution in [3.63, 3.8) is 0 Å². The average molecular weight is 415 g/mol. The van der Waals surface area contributed by atoms with E-state index in [1.54, 1.807) is 18.2 Å². The lowest BCUT2D eigenvalue weighted by Gasteiger charge is -2.08. The van der Waals surface area contributed by atoms with Crippen LogP contribution in [0.4, 0.5) is 4.79 Å². The fraction of sp³-hybridized carbons (Fsp3) is 0.167. The Morgan fingerprint density at radius 2 is 1.74 bits per heavy atom. The van der Waals surface area contributed by atoms with Crippen molar-refractivity contribution in [1.29, 1.82) is 0 Å². The van der Waals surface area contributed by atoms with Gasteiger partial charge in [-0.05, 0) is 43.3 Å². The lowest BCUT2D eigenvalue weighted by Crippen LogP contribution is -2.04. The minimum atomic E-state index is -1.37. The van der Waals surface area contributed by atoms with Crippen molar-refractivity contribution in [1.82, 2.24) is 14.1 Å². The smallest absolute Gasteiger partial charge is 0.449 e. The highest BCUT2D eigenvalue weighted by atomic mass is 16.7. The normalized spacial score (nSPS) is 11.5. The number of nitrogens with zero attached hydrogens (tertiary/aromatic N) is 3. The van der Waals surface area contributed by atoms with Crippen molar-refractivity contribution in [2.45, 2.75) is 20.0 Å². The summed E-state index contributed by atoms with van der Waals surface area (Å²) < 4.78 is 9.01. The topological polar surface area (TPSA) is 89.5 Å². The Morgan fingerprint density at radius 3 is 2.52 bits per heavy atom. The summed E-state index contributed by atoms with van der Waals surface area (Å²) in [6, 6.07) is 19.6. The summed E-state index contributed by atoms with van der Waals surface area (Å²) in [6.07, 6.45) is -1.37. The van der Waals surface area contributed by atoms with Crippen molar-refractivity contribution in [3.05, 3.63) is 60.7 Å². The molecule has 0 aliphatic heterocycles. The van der Waals surface area contributed by atoms with E-state index in [0.29, 0.717) is 17.9 Å². The molecule has 0 spiro atoms. The zero-order valence-corrected chi connectivity index (χ0v) is 16.9. The molecule has 7 heteroatoms. The number of aliphatic hydroxyl groups is 1. The van der Waals surface area contributed by atoms with E-state index in [9.17, 15) is 9.90 Å². The van der Waals surface area contributed by atoms with Crippen LogP contribution in [0.15, 0.2) is 60.7 Å². The molecule has 5 aromatic rings. The highest BCUT2D eigenvalue weighted by Crippen LogP contribution is 2.34. The van der Waals surface area contributed by atoms with E-state index >= 15 is 0 Å². The lowest BCUT2D eigenvalue weighted by atomic mass is 10.1. The second-order valence-electron chi connectivity index (χ2n) is 7.32. The number of aliphatic hydroxyl groups excluding tert-OH is 1. The molecule has 0 aliphatic carbocycles. The predicted molar refractivity (Wildman–Crippen MR) is 120 cm³/mol. The molecule has 0 unspecified atom stereocenters. The summed E-state index contributed by atoms with van der Waals surface area (Å²) in [5, 5.41) is 20.9. The van der Waals surface area contributed by atoms with Crippen LogP contribution in [0.2, 0.25) is 0 Å². The Hall–Kier alpha value is -3.84. The van der Waals surface area contributed by atoms with Crippen molar-refractivity contribution < 1.29 is 19.7 Å². The van der Waals surface area contributed by atoms with Gasteiger partial charge in [-0.25, -0.2) is 9.78 Å². The Bertz CT molecular complexity index is 1450. The third kappa shape index (κ3) is 3.10. The minimum Gasteiger partial charge on any atom is -0.449 e. The number of ether oxygens (including phenoxy) is 1. The standard InChI is InChI=1S/C24H21N3O4/c1-2-26-20-6-4-3-5-17(20)18-13-15(7-9-21(18)26)23-25-19-14-16(31-24(29)30)8-10-22(19)27(23)11-12-28/h3-10,13-14,28H,2,11-12H2,1H3,(H,29,30). The number of aromatic nitrogens is 3. The Morgan fingerprint density at radius 1 is 0.968 bits per heavy atom. The van der Waals surface area contributed by atoms with Crippen LogP contribution in [0.1, 0.15) is 6.92 Å². The number of benzene rings is 3. The minimum absolute atomic E-state index is 0.0385. The van der Waals surface area contributed by atoms with Gasteiger partial charge in [-0.3, -0.25) is 0 Å². The highest BCUT2D eigenvalue weighted by molar-refractivity contribution is 6.09. The third-order valence-electron chi connectivity index (χ3n) is 5.60. The molecule has 0 saturated heterocycles. The lowest BCUT2D eigenvalue weighted by molar-refractivity contribution is 0.144. The second-order valence-corrected chi connectivity index (χ2v) is 7.32. The zero-order valence-electron chi connectivity index (χ0n) is 16.9. The van der Waals surface area contributed by atoms with E-state index in [1.807, 2.05) is 22.8 Å². The van der Waals surface area contributed by atoms with Gasteiger partial charge in [0.15, 0.2) is 0 Å². The molecule has 0 saturated carbocycles. The number of hydrogen-bond donors (Lipinski definition) is 2. The number of hydrogen-bond acceptors (Lipinski definition) is 4. The molecule has 0 atom stereocenters. The molecule has 2 aromatic heterocycles. The van der Waals surface area contributed by atoms with Gasteiger partial charge in [-0.1, -0.05) is 18.2 Å². The van der Waals surface area contributed by atoms with Crippen LogP contribution in [-0.2, 0) is 13.1 Å². The molecule has 3 aromatic carbocycles. The summed E-state index contributed by atoms with van der Waals surface area (Å²) >= 11 is 0. The van der Waals surface area contributed by atoms with Crippen LogP contribution in [0, 0.1) is 0 Å². The van der Waals surface area contributed by atoms with Crippen LogP contribution in [0.3, 0.4) is 0 Å². The largest absolute Gasteiger partial charge is 0.511 e. The quantitative estimate of drug-likeness (QED) is 0.315. The van der Waals surface area contributed by atoms with Gasteiger partial charge in [0, 0.05) is 46.5 Å². The van der Waals surface area contributed by atoms with Gasteiger partial charge >= 0.3 is 6.16 Å². The Labute approximate surface area is 177 Å². The molecule has 5 rings (SSSR count). The summed E-state index contributed by atoms with van der Waals surface area (Å²) in [6.45, 7) is 3.35. The Kier molecular flexibility index (Phi) is 4.60. The predicted octanol–water partition coefficient (Wildman–Crippen LogP) is 4.88. The zero-order chi connectivity index (χ0) is 21.5. The van der Waals surface area contributed by atoms with Crippen molar-refractivity contribution in [2.24, 2.45) is 0 Å². The molecule has 0 radical (unpaired) electrons. The molecule has 31 heavy (non-hydrogen) atoms. The van der Waals surface area contributed by atoms with E-state index in [0.717, 1.165) is 28.5 Å². The first-order valence-electron chi connectivity index (χ1n) is 10.1. The van der Waals surface area contributed by atoms with Crippen LogP contribution in [0.25, 0.3) is 44.2 Å². The van der Waals surface area contributed by atoms with E-state index in [2.05, 4.69) is 35.8 Å². The van der Waals surface area contributed by atoms with Crippen LogP contribution in [-0.4, -0.2) is 37.1 Å². The molecule has 2 N–H and O–H groups in total. The van der Waals surface area contributed by atoms with E-state index in [1.165, 1.54) is 10.9 Å². The maximum atomic E-state index is 10.9. The first-order chi connectivity index (χ1) is 15.1. The van der Waals surface area contributed by atoms with Gasteiger partial charge in [0.25, 0.3) is 0 Å². The number of carboxylic acid groups (broad SMARTS) is 1. The number of imidazole rings is 1. The summed E-state index contributed by atoms with van der Waals surface area (Å²) in [5.74, 6) is 0.924. The monoisotopic (exact) mass is 415 g/mol. The molecule has 156 valence electrons. The molecular weight excluding hydrogens is 394 g/mol.